The van der Waals surface area contributed by atoms with E-state index in [1.165, 1.54) is 18.2 Å². The van der Waals surface area contributed by atoms with Crippen molar-refractivity contribution in [3.63, 3.8) is 0 Å². The molecule has 0 saturated carbocycles. The van der Waals surface area contributed by atoms with Crippen LogP contribution in [-0.4, -0.2) is 24.5 Å². The number of hydrogen-bond donors (Lipinski definition) is 2. The van der Waals surface area contributed by atoms with Crippen LogP contribution in [0.3, 0.4) is 0 Å². The van der Waals surface area contributed by atoms with Crippen LogP contribution in [-0.2, 0) is 11.2 Å². The van der Waals surface area contributed by atoms with E-state index in [1.807, 2.05) is 24.3 Å². The maximum Gasteiger partial charge on any atom is 0.292 e. The second-order valence-corrected chi connectivity index (χ2v) is 5.44. The molecule has 1 amide bonds. The SMILES string of the molecule is COc1ccc(CCNC(=O)/C(C#N)=C\Nc2ccccc2[N+](=O)[O-])cc1. The Morgan fingerprint density at radius 3 is 2.59 bits per heavy atom. The number of methoxy groups -OCH3 is 1. The molecule has 0 fully saturated rings. The summed E-state index contributed by atoms with van der Waals surface area (Å²) in [6.45, 7) is 0.343. The van der Waals surface area contributed by atoms with Crippen molar-refractivity contribution in [1.82, 2.24) is 5.32 Å². The third-order valence-electron chi connectivity index (χ3n) is 3.70. The van der Waals surface area contributed by atoms with E-state index >= 15 is 0 Å². The number of nitro groups is 1. The highest BCUT2D eigenvalue weighted by atomic mass is 16.6. The number of nitrogens with zero attached hydrogens (tertiary/aromatic N) is 2. The molecule has 138 valence electrons. The zero-order valence-corrected chi connectivity index (χ0v) is 14.6. The number of carbonyl (C=O) groups excluding carboxylic acids is 1. The molecule has 0 aliphatic rings. The number of anilines is 1. The fourth-order valence-electron chi connectivity index (χ4n) is 2.26. The van der Waals surface area contributed by atoms with Crippen LogP contribution in [0.25, 0.3) is 0 Å². The van der Waals surface area contributed by atoms with Crippen LogP contribution >= 0.6 is 0 Å². The lowest BCUT2D eigenvalue weighted by Gasteiger charge is -2.06. The Kier molecular flexibility index (Phi) is 6.91. The lowest BCUT2D eigenvalue weighted by Crippen LogP contribution is -2.27. The van der Waals surface area contributed by atoms with E-state index in [1.54, 1.807) is 19.2 Å². The van der Waals surface area contributed by atoms with Gasteiger partial charge in [-0.05, 0) is 30.2 Å². The molecule has 2 rings (SSSR count). The molecule has 0 spiro atoms. The molecule has 8 nitrogen and oxygen atoms in total. The van der Waals surface area contributed by atoms with Crippen molar-refractivity contribution in [1.29, 1.82) is 5.26 Å². The highest BCUT2D eigenvalue weighted by Crippen LogP contribution is 2.23. The van der Waals surface area contributed by atoms with E-state index in [9.17, 15) is 14.9 Å². The number of amides is 1. The van der Waals surface area contributed by atoms with E-state index < -0.39 is 10.8 Å². The maximum absolute atomic E-state index is 12.1. The molecule has 0 aliphatic carbocycles. The lowest BCUT2D eigenvalue weighted by atomic mass is 10.1. The molecule has 0 atom stereocenters. The first-order chi connectivity index (χ1) is 13.0. The number of ether oxygens (including phenoxy) is 1. The quantitative estimate of drug-likeness (QED) is 0.321. The van der Waals surface area contributed by atoms with Gasteiger partial charge in [0.1, 0.15) is 23.1 Å². The lowest BCUT2D eigenvalue weighted by molar-refractivity contribution is -0.383. The van der Waals surface area contributed by atoms with Crippen molar-refractivity contribution < 1.29 is 14.5 Å². The molecular weight excluding hydrogens is 348 g/mol. The summed E-state index contributed by atoms with van der Waals surface area (Å²) >= 11 is 0. The van der Waals surface area contributed by atoms with Gasteiger partial charge in [0.15, 0.2) is 0 Å². The maximum atomic E-state index is 12.1. The number of rotatable bonds is 8. The van der Waals surface area contributed by atoms with Gasteiger partial charge in [0.2, 0.25) is 0 Å². The average molecular weight is 366 g/mol. The third-order valence-corrected chi connectivity index (χ3v) is 3.70. The van der Waals surface area contributed by atoms with E-state index in [2.05, 4.69) is 10.6 Å². The van der Waals surface area contributed by atoms with Crippen molar-refractivity contribution in [3.8, 4) is 11.8 Å². The molecule has 27 heavy (non-hydrogen) atoms. The van der Waals surface area contributed by atoms with Gasteiger partial charge in [-0.2, -0.15) is 5.26 Å². The first kappa shape index (κ1) is 19.5. The molecule has 2 aromatic carbocycles. The van der Waals surface area contributed by atoms with Crippen molar-refractivity contribution in [3.05, 3.63) is 76.0 Å². The Morgan fingerprint density at radius 2 is 1.96 bits per heavy atom. The summed E-state index contributed by atoms with van der Waals surface area (Å²) in [7, 11) is 1.59. The number of nitrogens with one attached hydrogen (secondary N) is 2. The van der Waals surface area contributed by atoms with Crippen LogP contribution in [0.15, 0.2) is 60.3 Å². The van der Waals surface area contributed by atoms with Gasteiger partial charge >= 0.3 is 0 Å². The summed E-state index contributed by atoms with van der Waals surface area (Å²) in [6.07, 6.45) is 1.75. The van der Waals surface area contributed by atoms with Gasteiger partial charge in [0.25, 0.3) is 11.6 Å². The highest BCUT2D eigenvalue weighted by molar-refractivity contribution is 5.97. The fraction of sp³-hybridized carbons (Fsp3) is 0.158. The van der Waals surface area contributed by atoms with E-state index in [-0.39, 0.29) is 16.9 Å². The van der Waals surface area contributed by atoms with E-state index in [0.29, 0.717) is 13.0 Å². The summed E-state index contributed by atoms with van der Waals surface area (Å²) in [5.41, 5.74) is 0.881. The number of para-hydroxylation sites is 2. The summed E-state index contributed by atoms with van der Waals surface area (Å²) < 4.78 is 5.08. The topological polar surface area (TPSA) is 117 Å². The minimum Gasteiger partial charge on any atom is -0.497 e. The predicted molar refractivity (Wildman–Crippen MR) is 100 cm³/mol. The number of hydrogen-bond acceptors (Lipinski definition) is 6. The molecule has 0 bridgehead atoms. The molecule has 0 radical (unpaired) electrons. The summed E-state index contributed by atoms with van der Waals surface area (Å²) in [6, 6.07) is 15.2. The molecule has 2 aromatic rings. The van der Waals surface area contributed by atoms with Crippen molar-refractivity contribution in [2.45, 2.75) is 6.42 Å². The van der Waals surface area contributed by atoms with E-state index in [4.69, 9.17) is 10.00 Å². The van der Waals surface area contributed by atoms with Gasteiger partial charge in [-0.25, -0.2) is 0 Å². The van der Waals surface area contributed by atoms with Crippen molar-refractivity contribution in [2.75, 3.05) is 19.0 Å². The number of nitriles is 1. The zero-order chi connectivity index (χ0) is 19.6. The number of nitro benzene ring substituents is 1. The van der Waals surface area contributed by atoms with Gasteiger partial charge in [0.05, 0.1) is 12.0 Å². The summed E-state index contributed by atoms with van der Waals surface area (Å²) in [4.78, 5) is 22.5. The molecule has 8 heteroatoms. The summed E-state index contributed by atoms with van der Waals surface area (Å²) in [5, 5.41) is 25.4. The van der Waals surface area contributed by atoms with Gasteiger partial charge in [-0.3, -0.25) is 14.9 Å². The second-order valence-electron chi connectivity index (χ2n) is 5.44. The Balaban J connectivity index is 1.94. The largest absolute Gasteiger partial charge is 0.497 e. The monoisotopic (exact) mass is 366 g/mol. The van der Waals surface area contributed by atoms with Gasteiger partial charge in [-0.1, -0.05) is 24.3 Å². The van der Waals surface area contributed by atoms with Crippen LogP contribution in [0.1, 0.15) is 5.56 Å². The normalized spacial score (nSPS) is 10.6. The fourth-order valence-corrected chi connectivity index (χ4v) is 2.26. The molecule has 0 aromatic heterocycles. The van der Waals surface area contributed by atoms with Crippen molar-refractivity contribution in [2.24, 2.45) is 0 Å². The first-order valence-corrected chi connectivity index (χ1v) is 8.06. The molecule has 0 unspecified atom stereocenters. The predicted octanol–water partition coefficient (Wildman–Crippen LogP) is 2.78. The first-order valence-electron chi connectivity index (χ1n) is 8.06. The Labute approximate surface area is 156 Å². The number of benzene rings is 2. The molecule has 0 saturated heterocycles. The van der Waals surface area contributed by atoms with Gasteiger partial charge in [-0.15, -0.1) is 0 Å². The zero-order valence-electron chi connectivity index (χ0n) is 14.6. The number of carbonyl (C=O) groups is 1. The van der Waals surface area contributed by atoms with E-state index in [0.717, 1.165) is 17.5 Å². The minimum absolute atomic E-state index is 0.147. The van der Waals surface area contributed by atoms with Crippen LogP contribution in [0, 0.1) is 21.4 Å². The smallest absolute Gasteiger partial charge is 0.292 e. The second kappa shape index (κ2) is 9.58. The van der Waals surface area contributed by atoms with Crippen LogP contribution < -0.4 is 15.4 Å². The molecule has 2 N–H and O–H groups in total. The molecule has 0 aliphatic heterocycles. The Bertz CT molecular complexity index is 885. The molecule has 0 heterocycles. The third kappa shape index (κ3) is 5.57. The Morgan fingerprint density at radius 1 is 1.26 bits per heavy atom. The minimum atomic E-state index is -0.558. The van der Waals surface area contributed by atoms with Gasteiger partial charge in [0, 0.05) is 18.8 Å². The summed E-state index contributed by atoms with van der Waals surface area (Å²) in [5.74, 6) is 0.190. The van der Waals surface area contributed by atoms with Crippen molar-refractivity contribution >= 4 is 17.3 Å². The van der Waals surface area contributed by atoms with Crippen LogP contribution in [0.4, 0.5) is 11.4 Å². The molecular formula is C19H18N4O4. The standard InChI is InChI=1S/C19H18N4O4/c1-27-16-8-6-14(7-9-16)10-11-21-19(24)15(12-20)13-22-17-4-2-3-5-18(17)23(25)26/h2-9,13,22H,10-11H2,1H3,(H,21,24)/b15-13-. The highest BCUT2D eigenvalue weighted by Gasteiger charge is 2.13. The Hall–Kier alpha value is -3.86. The average Bonchev–Trinajstić information content (AvgIpc) is 2.69. The van der Waals surface area contributed by atoms with Gasteiger partial charge < -0.3 is 15.4 Å². The van der Waals surface area contributed by atoms with Crippen LogP contribution in [0.5, 0.6) is 5.75 Å². The van der Waals surface area contributed by atoms with Crippen LogP contribution in [0.2, 0.25) is 0 Å².